The van der Waals surface area contributed by atoms with Gasteiger partial charge in [0.25, 0.3) is 0 Å². The molecule has 4 nitrogen and oxygen atoms in total. The molecule has 1 aromatic carbocycles. The molecule has 0 radical (unpaired) electrons. The minimum absolute atomic E-state index is 0.00904. The Morgan fingerprint density at radius 1 is 1.42 bits per heavy atom. The van der Waals surface area contributed by atoms with Crippen LogP contribution in [0.25, 0.3) is 0 Å². The highest BCUT2D eigenvalue weighted by atomic mass is 16.5. The highest BCUT2D eigenvalue weighted by molar-refractivity contribution is 5.76. The van der Waals surface area contributed by atoms with E-state index in [1.165, 1.54) is 7.11 Å². The maximum absolute atomic E-state index is 11.7. The maximum Gasteiger partial charge on any atom is 0.323 e. The zero-order valence-corrected chi connectivity index (χ0v) is 11.2. The van der Waals surface area contributed by atoms with Crippen molar-refractivity contribution in [1.29, 1.82) is 0 Å². The van der Waals surface area contributed by atoms with Crippen LogP contribution in [0.4, 0.5) is 0 Å². The van der Waals surface area contributed by atoms with Crippen LogP contribution in [0, 0.1) is 5.92 Å². The fraction of sp³-hybridized carbons (Fsp3) is 0.533. The zero-order valence-electron chi connectivity index (χ0n) is 11.2. The Morgan fingerprint density at radius 2 is 2.11 bits per heavy atom. The van der Waals surface area contributed by atoms with Crippen LogP contribution >= 0.6 is 0 Å². The van der Waals surface area contributed by atoms with E-state index in [0.29, 0.717) is 12.3 Å². The van der Waals surface area contributed by atoms with Gasteiger partial charge in [-0.25, -0.2) is 0 Å². The minimum atomic E-state index is -0.286. The van der Waals surface area contributed by atoms with Crippen LogP contribution in [-0.2, 0) is 16.0 Å². The Hall–Kier alpha value is -1.39. The highest BCUT2D eigenvalue weighted by Crippen LogP contribution is 2.33. The summed E-state index contributed by atoms with van der Waals surface area (Å²) in [5.74, 6) is 0.131. The van der Waals surface area contributed by atoms with Crippen molar-refractivity contribution in [2.45, 2.75) is 31.3 Å². The van der Waals surface area contributed by atoms with Crippen molar-refractivity contribution in [1.82, 2.24) is 5.32 Å². The van der Waals surface area contributed by atoms with Crippen LogP contribution < -0.4 is 5.32 Å². The second-order valence-corrected chi connectivity index (χ2v) is 5.07. The first-order valence-corrected chi connectivity index (χ1v) is 6.73. The average molecular weight is 263 g/mol. The first-order valence-electron chi connectivity index (χ1n) is 6.73. The third kappa shape index (κ3) is 4.04. The molecule has 1 aliphatic carbocycles. The molecule has 0 saturated heterocycles. The molecule has 2 rings (SSSR count). The van der Waals surface area contributed by atoms with Gasteiger partial charge >= 0.3 is 5.97 Å². The second kappa shape index (κ2) is 6.68. The Morgan fingerprint density at radius 3 is 2.63 bits per heavy atom. The van der Waals surface area contributed by atoms with E-state index in [2.05, 4.69) is 5.32 Å². The van der Waals surface area contributed by atoms with Gasteiger partial charge in [0.1, 0.15) is 6.04 Å². The monoisotopic (exact) mass is 263 g/mol. The molecule has 0 spiro atoms. The van der Waals surface area contributed by atoms with Crippen LogP contribution in [-0.4, -0.2) is 36.9 Å². The lowest BCUT2D eigenvalue weighted by molar-refractivity contribution is -0.144. The highest BCUT2D eigenvalue weighted by Gasteiger charge is 2.37. The summed E-state index contributed by atoms with van der Waals surface area (Å²) in [5.41, 5.74) is 1.15. The van der Waals surface area contributed by atoms with E-state index in [-0.39, 0.29) is 24.7 Å². The number of aliphatic hydroxyl groups is 1. The first-order chi connectivity index (χ1) is 9.24. The van der Waals surface area contributed by atoms with Gasteiger partial charge in [-0.05, 0) is 30.7 Å². The van der Waals surface area contributed by atoms with Gasteiger partial charge in [-0.15, -0.1) is 0 Å². The van der Waals surface area contributed by atoms with Crippen molar-refractivity contribution in [3.63, 3.8) is 0 Å². The van der Waals surface area contributed by atoms with E-state index < -0.39 is 0 Å². The molecule has 1 fully saturated rings. The van der Waals surface area contributed by atoms with Crippen LogP contribution in [0.3, 0.4) is 0 Å². The molecule has 4 heteroatoms. The fourth-order valence-electron chi connectivity index (χ4n) is 2.28. The minimum Gasteiger partial charge on any atom is -0.468 e. The Bertz CT molecular complexity index is 403. The van der Waals surface area contributed by atoms with Gasteiger partial charge in [-0.2, -0.15) is 0 Å². The van der Waals surface area contributed by atoms with Crippen molar-refractivity contribution >= 4 is 5.97 Å². The molecule has 2 unspecified atom stereocenters. The molecule has 0 heterocycles. The number of aliphatic hydroxyl groups excluding tert-OH is 1. The molecule has 0 bridgehead atoms. The van der Waals surface area contributed by atoms with E-state index in [1.54, 1.807) is 0 Å². The molecule has 0 aliphatic heterocycles. The van der Waals surface area contributed by atoms with Gasteiger partial charge in [0, 0.05) is 6.04 Å². The van der Waals surface area contributed by atoms with E-state index in [0.717, 1.165) is 18.4 Å². The van der Waals surface area contributed by atoms with E-state index in [4.69, 9.17) is 4.74 Å². The van der Waals surface area contributed by atoms with Crippen LogP contribution in [0.5, 0.6) is 0 Å². The SMILES string of the molecule is COC(=O)C(NC(CO)Cc1ccccc1)C1CC1. The van der Waals surface area contributed by atoms with Gasteiger partial charge in [0.05, 0.1) is 13.7 Å². The summed E-state index contributed by atoms with van der Waals surface area (Å²) in [7, 11) is 1.41. The van der Waals surface area contributed by atoms with Gasteiger partial charge in [0.2, 0.25) is 0 Å². The number of nitrogens with one attached hydrogen (secondary N) is 1. The van der Waals surface area contributed by atoms with Gasteiger partial charge < -0.3 is 9.84 Å². The number of methoxy groups -OCH3 is 1. The van der Waals surface area contributed by atoms with Gasteiger partial charge in [-0.3, -0.25) is 10.1 Å². The topological polar surface area (TPSA) is 58.6 Å². The summed E-state index contributed by atoms with van der Waals surface area (Å²) in [6, 6.07) is 9.55. The van der Waals surface area contributed by atoms with Gasteiger partial charge in [-0.1, -0.05) is 30.3 Å². The van der Waals surface area contributed by atoms with Crippen molar-refractivity contribution in [3.05, 3.63) is 35.9 Å². The summed E-state index contributed by atoms with van der Waals surface area (Å²) in [4.78, 5) is 11.7. The number of hydrogen-bond donors (Lipinski definition) is 2. The quantitative estimate of drug-likeness (QED) is 0.724. The van der Waals surface area contributed by atoms with Crippen molar-refractivity contribution in [2.75, 3.05) is 13.7 Å². The summed E-state index contributed by atoms with van der Waals surface area (Å²) >= 11 is 0. The summed E-state index contributed by atoms with van der Waals surface area (Å²) in [6.07, 6.45) is 2.81. The lowest BCUT2D eigenvalue weighted by Crippen LogP contribution is -2.47. The van der Waals surface area contributed by atoms with E-state index in [9.17, 15) is 9.90 Å². The molecular formula is C15H21NO3. The summed E-state index contributed by atoms with van der Waals surface area (Å²) in [5, 5.41) is 12.7. The van der Waals surface area contributed by atoms with Crippen molar-refractivity contribution in [3.8, 4) is 0 Å². The molecule has 19 heavy (non-hydrogen) atoms. The van der Waals surface area contributed by atoms with Crippen LogP contribution in [0.2, 0.25) is 0 Å². The largest absolute Gasteiger partial charge is 0.468 e. The molecule has 1 aromatic rings. The number of hydrogen-bond acceptors (Lipinski definition) is 4. The summed E-state index contributed by atoms with van der Waals surface area (Å²) < 4.78 is 4.83. The number of rotatable bonds is 7. The third-order valence-electron chi connectivity index (χ3n) is 3.51. The molecule has 0 amide bonds. The molecule has 1 saturated carbocycles. The fourth-order valence-corrected chi connectivity index (χ4v) is 2.28. The molecule has 2 atom stereocenters. The normalized spacial score (nSPS) is 17.8. The lowest BCUT2D eigenvalue weighted by Gasteiger charge is -2.22. The van der Waals surface area contributed by atoms with Crippen molar-refractivity contribution < 1.29 is 14.6 Å². The predicted molar refractivity (Wildman–Crippen MR) is 72.7 cm³/mol. The zero-order chi connectivity index (χ0) is 13.7. The molecule has 0 aromatic heterocycles. The van der Waals surface area contributed by atoms with Crippen LogP contribution in [0.1, 0.15) is 18.4 Å². The number of benzene rings is 1. The number of carbonyl (C=O) groups is 1. The summed E-state index contributed by atoms with van der Waals surface area (Å²) in [6.45, 7) is 0.00904. The van der Waals surface area contributed by atoms with Crippen LogP contribution in [0.15, 0.2) is 30.3 Å². The Labute approximate surface area is 113 Å². The van der Waals surface area contributed by atoms with E-state index >= 15 is 0 Å². The smallest absolute Gasteiger partial charge is 0.323 e. The number of carbonyl (C=O) groups excluding carboxylic acids is 1. The average Bonchev–Trinajstić information content (AvgIpc) is 3.28. The Kier molecular flexibility index (Phi) is 4.93. The number of esters is 1. The second-order valence-electron chi connectivity index (χ2n) is 5.07. The third-order valence-corrected chi connectivity index (χ3v) is 3.51. The number of ether oxygens (including phenoxy) is 1. The van der Waals surface area contributed by atoms with E-state index in [1.807, 2.05) is 30.3 Å². The molecule has 2 N–H and O–H groups in total. The molecule has 1 aliphatic rings. The molecular weight excluding hydrogens is 242 g/mol. The first kappa shape index (κ1) is 14.0. The van der Waals surface area contributed by atoms with Crippen molar-refractivity contribution in [2.24, 2.45) is 5.92 Å². The Balaban J connectivity index is 1.95. The predicted octanol–water partition coefficient (Wildman–Crippen LogP) is 1.13. The maximum atomic E-state index is 11.7. The van der Waals surface area contributed by atoms with Gasteiger partial charge in [0.15, 0.2) is 0 Å². The standard InChI is InChI=1S/C15H21NO3/c1-19-15(18)14(12-7-8-12)16-13(10-17)9-11-5-3-2-4-6-11/h2-6,12-14,16-17H,7-10H2,1H3. The lowest BCUT2D eigenvalue weighted by atomic mass is 10.0. The molecule has 104 valence electrons.